The maximum Gasteiger partial charge on any atom is 0.306 e. The second-order valence-electron chi connectivity index (χ2n) is 9.30. The average Bonchev–Trinajstić information content (AvgIpc) is 3.07. The van der Waals surface area contributed by atoms with E-state index < -0.39 is 23.9 Å². The molecule has 0 bridgehead atoms. The fourth-order valence-corrected chi connectivity index (χ4v) is 5.12. The van der Waals surface area contributed by atoms with Crippen LogP contribution in [0.2, 0.25) is 0 Å². The van der Waals surface area contributed by atoms with Crippen LogP contribution in [0.15, 0.2) is 30.3 Å². The zero-order valence-electron chi connectivity index (χ0n) is 26.8. The SMILES string of the molecule is O=C(O)CCC(=O)OCCOCCOCCOCCOC(=O)CCC(=O)OCCOCCOCCOCCSSCc1ccccc1. The van der Waals surface area contributed by atoms with Gasteiger partial charge in [-0.2, -0.15) is 0 Å². The highest BCUT2D eigenvalue weighted by molar-refractivity contribution is 8.76. The number of aliphatic carboxylic acids is 1. The van der Waals surface area contributed by atoms with Crippen LogP contribution in [0.3, 0.4) is 0 Å². The van der Waals surface area contributed by atoms with Crippen LogP contribution in [0, 0.1) is 0 Å². The molecule has 1 aromatic carbocycles. The molecule has 0 saturated heterocycles. The Hall–Kier alpha value is -2.44. The first-order chi connectivity index (χ1) is 23.0. The predicted octanol–water partition coefficient (Wildman–Crippen LogP) is 2.94. The first kappa shape index (κ1) is 42.6. The lowest BCUT2D eigenvalue weighted by Gasteiger charge is -2.08. The van der Waals surface area contributed by atoms with Crippen molar-refractivity contribution in [2.45, 2.75) is 31.4 Å². The second kappa shape index (κ2) is 32.1. The number of carbonyl (C=O) groups excluding carboxylic acids is 3. The largest absolute Gasteiger partial charge is 0.481 e. The Labute approximate surface area is 284 Å². The Morgan fingerprint density at radius 2 is 0.830 bits per heavy atom. The van der Waals surface area contributed by atoms with Crippen LogP contribution in [0.5, 0.6) is 0 Å². The van der Waals surface area contributed by atoms with Gasteiger partial charge in [0.05, 0.1) is 105 Å². The summed E-state index contributed by atoms with van der Waals surface area (Å²) in [4.78, 5) is 45.1. The fourth-order valence-electron chi connectivity index (χ4n) is 3.19. The van der Waals surface area contributed by atoms with Gasteiger partial charge in [-0.15, -0.1) is 0 Å². The van der Waals surface area contributed by atoms with Gasteiger partial charge >= 0.3 is 23.9 Å². The molecule has 47 heavy (non-hydrogen) atoms. The van der Waals surface area contributed by atoms with E-state index in [1.165, 1.54) is 5.56 Å². The highest BCUT2D eigenvalue weighted by Gasteiger charge is 2.09. The van der Waals surface area contributed by atoms with Crippen molar-refractivity contribution in [3.8, 4) is 0 Å². The van der Waals surface area contributed by atoms with E-state index >= 15 is 0 Å². The van der Waals surface area contributed by atoms with E-state index in [-0.39, 0.29) is 65.3 Å². The van der Waals surface area contributed by atoms with Gasteiger partial charge in [-0.05, 0) is 5.56 Å². The molecule has 0 aromatic heterocycles. The Morgan fingerprint density at radius 1 is 0.468 bits per heavy atom. The minimum Gasteiger partial charge on any atom is -0.481 e. The number of benzene rings is 1. The summed E-state index contributed by atoms with van der Waals surface area (Å²) in [5.41, 5.74) is 1.31. The molecular weight excluding hydrogens is 660 g/mol. The molecule has 0 unspecified atom stereocenters. The van der Waals surface area contributed by atoms with Gasteiger partial charge in [0.25, 0.3) is 0 Å². The normalized spacial score (nSPS) is 10.9. The molecule has 0 fully saturated rings. The number of carboxylic acid groups (broad SMARTS) is 1. The van der Waals surface area contributed by atoms with Gasteiger partial charge < -0.3 is 47.7 Å². The summed E-state index contributed by atoms with van der Waals surface area (Å²) in [6, 6.07) is 10.3. The van der Waals surface area contributed by atoms with Crippen molar-refractivity contribution in [1.29, 1.82) is 0 Å². The summed E-state index contributed by atoms with van der Waals surface area (Å²) in [7, 11) is 3.61. The zero-order chi connectivity index (χ0) is 34.0. The molecule has 0 radical (unpaired) electrons. The quantitative estimate of drug-likeness (QED) is 0.0489. The topological polar surface area (TPSA) is 172 Å². The highest BCUT2D eigenvalue weighted by atomic mass is 33.1. The van der Waals surface area contributed by atoms with Gasteiger partial charge in [-0.1, -0.05) is 51.9 Å². The number of rotatable bonds is 33. The third-order valence-electron chi connectivity index (χ3n) is 5.50. The van der Waals surface area contributed by atoms with E-state index in [0.29, 0.717) is 59.5 Å². The standard InChI is InChI=1S/C31H48O14S2/c32-28(33)6-7-29(34)43-21-18-39-13-10-37-11-14-40-19-22-44-30(35)8-9-31(36)45-23-20-41-15-12-38-16-17-42-24-25-46-47-26-27-4-2-1-3-5-27/h1-5H,6-26H2,(H,32,33). The van der Waals surface area contributed by atoms with Crippen LogP contribution in [-0.2, 0) is 67.6 Å². The van der Waals surface area contributed by atoms with Gasteiger partial charge in [0.15, 0.2) is 0 Å². The lowest BCUT2D eigenvalue weighted by molar-refractivity contribution is -0.152. The molecule has 1 aromatic rings. The minimum atomic E-state index is -1.06. The molecule has 14 nitrogen and oxygen atoms in total. The van der Waals surface area contributed by atoms with E-state index in [4.69, 9.17) is 47.7 Å². The summed E-state index contributed by atoms with van der Waals surface area (Å²) < 4.78 is 47.1. The fraction of sp³-hybridized carbons (Fsp3) is 0.677. The first-order valence-corrected chi connectivity index (χ1v) is 17.9. The number of hydrogen-bond acceptors (Lipinski definition) is 15. The van der Waals surface area contributed by atoms with Crippen molar-refractivity contribution in [3.63, 3.8) is 0 Å². The van der Waals surface area contributed by atoms with E-state index in [2.05, 4.69) is 12.1 Å². The molecule has 0 spiro atoms. The Kier molecular flexibility index (Phi) is 29.1. The smallest absolute Gasteiger partial charge is 0.306 e. The van der Waals surface area contributed by atoms with Crippen LogP contribution in [0.1, 0.15) is 31.2 Å². The van der Waals surface area contributed by atoms with Gasteiger partial charge in [0.2, 0.25) is 0 Å². The van der Waals surface area contributed by atoms with Gasteiger partial charge in [0.1, 0.15) is 19.8 Å². The maximum absolute atomic E-state index is 11.8. The van der Waals surface area contributed by atoms with Crippen molar-refractivity contribution in [2.24, 2.45) is 0 Å². The Balaban J connectivity index is 1.75. The van der Waals surface area contributed by atoms with Crippen LogP contribution in [0.4, 0.5) is 0 Å². The molecule has 0 atom stereocenters. The van der Waals surface area contributed by atoms with Crippen LogP contribution >= 0.6 is 21.6 Å². The van der Waals surface area contributed by atoms with E-state index in [1.807, 2.05) is 29.0 Å². The Bertz CT molecular complexity index is 938. The van der Waals surface area contributed by atoms with Crippen LogP contribution < -0.4 is 0 Å². The summed E-state index contributed by atoms with van der Waals surface area (Å²) in [6.07, 6.45) is -0.618. The Morgan fingerprint density at radius 3 is 1.23 bits per heavy atom. The van der Waals surface area contributed by atoms with E-state index in [9.17, 15) is 19.2 Å². The van der Waals surface area contributed by atoms with Gasteiger partial charge in [-0.3, -0.25) is 19.2 Å². The average molecular weight is 709 g/mol. The first-order valence-electron chi connectivity index (χ1n) is 15.4. The van der Waals surface area contributed by atoms with Crippen molar-refractivity contribution >= 4 is 45.5 Å². The number of carbonyl (C=O) groups is 4. The molecule has 1 N–H and O–H groups in total. The highest BCUT2D eigenvalue weighted by Crippen LogP contribution is 2.25. The summed E-state index contributed by atoms with van der Waals surface area (Å²) in [5.74, 6) is -0.777. The molecule has 268 valence electrons. The van der Waals surface area contributed by atoms with Gasteiger partial charge in [0, 0.05) is 11.5 Å². The second-order valence-corrected chi connectivity index (χ2v) is 11.9. The van der Waals surface area contributed by atoms with Crippen LogP contribution in [-0.4, -0.2) is 134 Å². The molecule has 0 saturated carbocycles. The number of carboxylic acids is 1. The minimum absolute atomic E-state index is 0.0422. The predicted molar refractivity (Wildman–Crippen MR) is 174 cm³/mol. The molecule has 0 aliphatic carbocycles. The molecule has 0 heterocycles. The molecule has 0 amide bonds. The maximum atomic E-state index is 11.8. The van der Waals surface area contributed by atoms with E-state index in [1.54, 1.807) is 10.8 Å². The van der Waals surface area contributed by atoms with E-state index in [0.717, 1.165) is 11.5 Å². The summed E-state index contributed by atoms with van der Waals surface area (Å²) in [6.45, 7) is 4.46. The van der Waals surface area contributed by atoms with Gasteiger partial charge in [-0.25, -0.2) is 0 Å². The number of ether oxygens (including phenoxy) is 9. The monoisotopic (exact) mass is 708 g/mol. The van der Waals surface area contributed by atoms with Crippen molar-refractivity contribution in [3.05, 3.63) is 35.9 Å². The molecule has 16 heteroatoms. The molecular formula is C31H48O14S2. The molecule has 0 aliphatic heterocycles. The molecule has 0 aliphatic rings. The summed E-state index contributed by atoms with van der Waals surface area (Å²) >= 11 is 0. The van der Waals surface area contributed by atoms with Crippen LogP contribution in [0.25, 0.3) is 0 Å². The zero-order valence-corrected chi connectivity index (χ0v) is 28.4. The third kappa shape index (κ3) is 30.6. The lowest BCUT2D eigenvalue weighted by atomic mass is 10.2. The van der Waals surface area contributed by atoms with Crippen molar-refractivity contribution < 1.29 is 66.9 Å². The number of esters is 3. The van der Waals surface area contributed by atoms with Crippen molar-refractivity contribution in [1.82, 2.24) is 0 Å². The summed E-state index contributed by atoms with van der Waals surface area (Å²) in [5, 5.41) is 8.48. The van der Waals surface area contributed by atoms with Crippen molar-refractivity contribution in [2.75, 3.05) is 105 Å². The lowest BCUT2D eigenvalue weighted by Crippen LogP contribution is -2.16. The molecule has 1 rings (SSSR count). The third-order valence-corrected chi connectivity index (χ3v) is 7.80. The number of hydrogen-bond donors (Lipinski definition) is 1.